The molecule has 0 bridgehead atoms. The minimum absolute atomic E-state index is 0.511. The normalized spacial score (nSPS) is 22.9. The van der Waals surface area contributed by atoms with Crippen LogP contribution in [0.2, 0.25) is 5.02 Å². The van der Waals surface area contributed by atoms with Crippen molar-refractivity contribution in [3.05, 3.63) is 34.9 Å². The Balaban J connectivity index is 2.14. The van der Waals surface area contributed by atoms with Crippen LogP contribution in [0.15, 0.2) is 24.3 Å². The fourth-order valence-corrected chi connectivity index (χ4v) is 3.64. The van der Waals surface area contributed by atoms with Gasteiger partial charge in [-0.2, -0.15) is 11.8 Å². The molecule has 2 N–H and O–H groups in total. The van der Waals surface area contributed by atoms with E-state index in [-0.39, 0.29) is 0 Å². The lowest BCUT2D eigenvalue weighted by Gasteiger charge is -2.21. The summed E-state index contributed by atoms with van der Waals surface area (Å²) in [5.41, 5.74) is 7.22. The zero-order valence-corrected chi connectivity index (χ0v) is 10.2. The number of benzene rings is 1. The summed E-state index contributed by atoms with van der Waals surface area (Å²) in [6.07, 6.45) is 1.30. The average molecular weight is 242 g/mol. The summed E-state index contributed by atoms with van der Waals surface area (Å²) in [6, 6.07) is 8.15. The first-order valence-electron chi connectivity index (χ1n) is 5.34. The summed E-state index contributed by atoms with van der Waals surface area (Å²) in [5.74, 6) is 3.80. The van der Waals surface area contributed by atoms with E-state index in [0.717, 1.165) is 17.5 Å². The summed E-state index contributed by atoms with van der Waals surface area (Å²) in [5, 5.41) is 0.801. The van der Waals surface area contributed by atoms with Crippen molar-refractivity contribution in [3.8, 4) is 0 Å². The highest BCUT2D eigenvalue weighted by Gasteiger charge is 2.25. The molecule has 0 aromatic heterocycles. The fraction of sp³-hybridized carbons (Fsp3) is 0.500. The Bertz CT molecular complexity index is 306. The number of thioether (sulfide) groups is 1. The van der Waals surface area contributed by atoms with Gasteiger partial charge in [-0.05, 0) is 54.0 Å². The largest absolute Gasteiger partial charge is 0.330 e. The maximum atomic E-state index is 5.88. The molecule has 82 valence electrons. The molecule has 0 spiro atoms. The van der Waals surface area contributed by atoms with E-state index in [0.29, 0.717) is 5.92 Å². The van der Waals surface area contributed by atoms with Crippen LogP contribution in [0.3, 0.4) is 0 Å². The highest BCUT2D eigenvalue weighted by Crippen LogP contribution is 2.35. The number of nitrogens with two attached hydrogens (primary N) is 1. The van der Waals surface area contributed by atoms with Crippen molar-refractivity contribution in [3.63, 3.8) is 0 Å². The molecular weight excluding hydrogens is 226 g/mol. The minimum Gasteiger partial charge on any atom is -0.330 e. The zero-order chi connectivity index (χ0) is 10.7. The second kappa shape index (κ2) is 5.24. The van der Waals surface area contributed by atoms with E-state index >= 15 is 0 Å². The molecule has 1 heterocycles. The highest BCUT2D eigenvalue weighted by atomic mass is 35.5. The van der Waals surface area contributed by atoms with E-state index in [9.17, 15) is 0 Å². The predicted molar refractivity (Wildman–Crippen MR) is 68.7 cm³/mol. The van der Waals surface area contributed by atoms with E-state index in [2.05, 4.69) is 12.1 Å². The average Bonchev–Trinajstić information content (AvgIpc) is 2.75. The van der Waals surface area contributed by atoms with Crippen molar-refractivity contribution in [2.75, 3.05) is 18.1 Å². The molecule has 1 aliphatic heterocycles. The molecule has 1 saturated heterocycles. The van der Waals surface area contributed by atoms with E-state index in [1.54, 1.807) is 0 Å². The molecule has 1 fully saturated rings. The zero-order valence-electron chi connectivity index (χ0n) is 8.66. The van der Waals surface area contributed by atoms with Gasteiger partial charge in [-0.15, -0.1) is 0 Å². The minimum atomic E-state index is 0.511. The first-order valence-corrected chi connectivity index (χ1v) is 6.88. The Hall–Kier alpha value is -0.180. The number of rotatable bonds is 3. The van der Waals surface area contributed by atoms with E-state index in [1.165, 1.54) is 23.5 Å². The molecule has 1 aliphatic rings. The Kier molecular flexibility index (Phi) is 3.95. The number of hydrogen-bond donors (Lipinski definition) is 1. The maximum Gasteiger partial charge on any atom is 0.0406 e. The van der Waals surface area contributed by atoms with Crippen LogP contribution in [-0.4, -0.2) is 18.1 Å². The molecule has 0 radical (unpaired) electrons. The van der Waals surface area contributed by atoms with Crippen molar-refractivity contribution in [2.24, 2.45) is 11.7 Å². The van der Waals surface area contributed by atoms with Gasteiger partial charge in [0.1, 0.15) is 0 Å². The number of halogens is 1. The highest BCUT2D eigenvalue weighted by molar-refractivity contribution is 7.99. The molecule has 2 unspecified atom stereocenters. The van der Waals surface area contributed by atoms with Crippen LogP contribution in [-0.2, 0) is 0 Å². The maximum absolute atomic E-state index is 5.88. The van der Waals surface area contributed by atoms with Crippen LogP contribution in [0.1, 0.15) is 17.9 Å². The topological polar surface area (TPSA) is 26.0 Å². The molecule has 2 atom stereocenters. The first kappa shape index (κ1) is 11.3. The van der Waals surface area contributed by atoms with Gasteiger partial charge in [-0.1, -0.05) is 23.7 Å². The third-order valence-electron chi connectivity index (χ3n) is 3.09. The van der Waals surface area contributed by atoms with Crippen molar-refractivity contribution in [2.45, 2.75) is 12.3 Å². The SMILES string of the molecule is NCC(c1ccc(Cl)cc1)C1CCSC1. The number of hydrogen-bond acceptors (Lipinski definition) is 2. The Labute approximate surface area is 100 Å². The van der Waals surface area contributed by atoms with Crippen molar-refractivity contribution < 1.29 is 0 Å². The molecule has 1 aromatic carbocycles. The summed E-state index contributed by atoms with van der Waals surface area (Å²) in [6.45, 7) is 0.743. The van der Waals surface area contributed by atoms with Gasteiger partial charge in [0.05, 0.1) is 0 Å². The Morgan fingerprint density at radius 2 is 2.13 bits per heavy atom. The predicted octanol–water partition coefficient (Wildman–Crippen LogP) is 3.14. The first-order chi connectivity index (χ1) is 7.31. The second-order valence-electron chi connectivity index (χ2n) is 4.02. The molecule has 0 aliphatic carbocycles. The smallest absolute Gasteiger partial charge is 0.0406 e. The monoisotopic (exact) mass is 241 g/mol. The van der Waals surface area contributed by atoms with Crippen molar-refractivity contribution in [1.29, 1.82) is 0 Å². The van der Waals surface area contributed by atoms with Gasteiger partial charge in [0, 0.05) is 5.02 Å². The van der Waals surface area contributed by atoms with Gasteiger partial charge >= 0.3 is 0 Å². The van der Waals surface area contributed by atoms with Crippen molar-refractivity contribution >= 4 is 23.4 Å². The van der Waals surface area contributed by atoms with Crippen LogP contribution >= 0.6 is 23.4 Å². The van der Waals surface area contributed by atoms with Gasteiger partial charge < -0.3 is 5.73 Å². The molecule has 2 rings (SSSR count). The van der Waals surface area contributed by atoms with Gasteiger partial charge in [0.15, 0.2) is 0 Å². The fourth-order valence-electron chi connectivity index (χ4n) is 2.18. The third-order valence-corrected chi connectivity index (χ3v) is 4.53. The summed E-state index contributed by atoms with van der Waals surface area (Å²) < 4.78 is 0. The van der Waals surface area contributed by atoms with E-state index in [4.69, 9.17) is 17.3 Å². The molecular formula is C12H16ClNS. The van der Waals surface area contributed by atoms with Gasteiger partial charge in [0.25, 0.3) is 0 Å². The molecule has 15 heavy (non-hydrogen) atoms. The summed E-state index contributed by atoms with van der Waals surface area (Å²) in [4.78, 5) is 0. The Morgan fingerprint density at radius 3 is 2.67 bits per heavy atom. The van der Waals surface area contributed by atoms with Crippen LogP contribution in [0.5, 0.6) is 0 Å². The van der Waals surface area contributed by atoms with Crippen LogP contribution in [0.25, 0.3) is 0 Å². The summed E-state index contributed by atoms with van der Waals surface area (Å²) in [7, 11) is 0. The quantitative estimate of drug-likeness (QED) is 0.880. The summed E-state index contributed by atoms with van der Waals surface area (Å²) >= 11 is 7.93. The Morgan fingerprint density at radius 1 is 1.40 bits per heavy atom. The lowest BCUT2D eigenvalue weighted by atomic mass is 9.86. The molecule has 1 nitrogen and oxygen atoms in total. The molecule has 0 amide bonds. The second-order valence-corrected chi connectivity index (χ2v) is 5.60. The van der Waals surface area contributed by atoms with Crippen LogP contribution in [0.4, 0.5) is 0 Å². The third kappa shape index (κ3) is 2.68. The van der Waals surface area contributed by atoms with Gasteiger partial charge in [-0.3, -0.25) is 0 Å². The lowest BCUT2D eigenvalue weighted by Crippen LogP contribution is -2.21. The van der Waals surface area contributed by atoms with Gasteiger partial charge in [-0.25, -0.2) is 0 Å². The van der Waals surface area contributed by atoms with E-state index < -0.39 is 0 Å². The van der Waals surface area contributed by atoms with Gasteiger partial charge in [0.2, 0.25) is 0 Å². The van der Waals surface area contributed by atoms with Crippen molar-refractivity contribution in [1.82, 2.24) is 0 Å². The van der Waals surface area contributed by atoms with E-state index in [1.807, 2.05) is 23.9 Å². The molecule has 3 heteroatoms. The molecule has 1 aromatic rings. The van der Waals surface area contributed by atoms with Crippen LogP contribution in [0, 0.1) is 5.92 Å². The van der Waals surface area contributed by atoms with Crippen LogP contribution < -0.4 is 5.73 Å². The lowest BCUT2D eigenvalue weighted by molar-refractivity contribution is 0.476. The molecule has 0 saturated carbocycles. The standard InChI is InChI=1S/C12H16ClNS/c13-11-3-1-9(2-4-11)12(7-14)10-5-6-15-8-10/h1-4,10,12H,5-8,14H2.